The Kier molecular flexibility index (Phi) is 2.78. The molecule has 2 amide bonds. The van der Waals surface area contributed by atoms with Crippen LogP contribution < -0.4 is 4.90 Å². The number of amides is 2. The van der Waals surface area contributed by atoms with E-state index in [9.17, 15) is 4.79 Å². The van der Waals surface area contributed by atoms with E-state index in [4.69, 9.17) is 28.6 Å². The summed E-state index contributed by atoms with van der Waals surface area (Å²) in [5, 5.41) is 8.61. The number of anilines is 1. The van der Waals surface area contributed by atoms with Gasteiger partial charge in [-0.05, 0) is 18.2 Å². The van der Waals surface area contributed by atoms with Crippen molar-refractivity contribution in [1.29, 1.82) is 5.41 Å². The smallest absolute Gasteiger partial charge is 0.320 e. The van der Waals surface area contributed by atoms with Crippen LogP contribution in [0.1, 0.15) is 0 Å². The lowest BCUT2D eigenvalue weighted by Crippen LogP contribution is -2.31. The summed E-state index contributed by atoms with van der Waals surface area (Å²) in [5.41, 5.74) is 0.525. The van der Waals surface area contributed by atoms with Crippen molar-refractivity contribution in [2.45, 2.75) is 0 Å². The van der Waals surface area contributed by atoms with Gasteiger partial charge in [0.1, 0.15) is 5.84 Å². The van der Waals surface area contributed by atoms with Crippen molar-refractivity contribution in [2.75, 3.05) is 18.5 Å². The molecule has 1 heterocycles. The number of likely N-dealkylation sites (N-methyl/N-ethyl adjacent to an activating group) is 1. The zero-order valence-corrected chi connectivity index (χ0v) is 10.0. The van der Waals surface area contributed by atoms with Crippen LogP contribution in [0.3, 0.4) is 0 Å². The average molecular weight is 258 g/mol. The van der Waals surface area contributed by atoms with E-state index in [0.717, 1.165) is 0 Å². The molecule has 1 fully saturated rings. The van der Waals surface area contributed by atoms with Crippen molar-refractivity contribution < 1.29 is 4.79 Å². The predicted octanol–water partition coefficient (Wildman–Crippen LogP) is 2.84. The molecule has 84 valence electrons. The van der Waals surface area contributed by atoms with Crippen LogP contribution in [0, 0.1) is 5.41 Å². The predicted molar refractivity (Wildman–Crippen MR) is 64.7 cm³/mol. The summed E-state index contributed by atoms with van der Waals surface area (Å²) in [4.78, 5) is 14.5. The monoisotopic (exact) mass is 257 g/mol. The number of urea groups is 1. The third kappa shape index (κ3) is 1.86. The van der Waals surface area contributed by atoms with Gasteiger partial charge in [0.2, 0.25) is 0 Å². The molecule has 0 unspecified atom stereocenters. The maximum absolute atomic E-state index is 11.8. The van der Waals surface area contributed by atoms with Gasteiger partial charge < -0.3 is 4.90 Å². The second-order valence-corrected chi connectivity index (χ2v) is 4.42. The van der Waals surface area contributed by atoms with Crippen molar-refractivity contribution in [2.24, 2.45) is 0 Å². The fourth-order valence-electron chi connectivity index (χ4n) is 1.58. The molecule has 16 heavy (non-hydrogen) atoms. The Morgan fingerprint density at radius 2 is 1.81 bits per heavy atom. The standard InChI is InChI=1S/C10H9Cl2N3O/c1-14-5-9(13)15(10(14)16)8-3-6(11)2-7(12)4-8/h2-4,13H,5H2,1H3. The Labute approximate surface area is 103 Å². The number of carbonyl (C=O) groups is 1. The zero-order valence-electron chi connectivity index (χ0n) is 8.50. The second kappa shape index (κ2) is 3.96. The van der Waals surface area contributed by atoms with Crippen LogP contribution in [0.4, 0.5) is 10.5 Å². The van der Waals surface area contributed by atoms with Gasteiger partial charge in [-0.3, -0.25) is 5.41 Å². The number of hydrogen-bond donors (Lipinski definition) is 1. The topological polar surface area (TPSA) is 47.4 Å². The summed E-state index contributed by atoms with van der Waals surface area (Å²) in [7, 11) is 1.64. The summed E-state index contributed by atoms with van der Waals surface area (Å²) in [6, 6.07) is 4.56. The Hall–Kier alpha value is -1.26. The minimum Gasteiger partial charge on any atom is -0.320 e. The molecule has 0 aromatic heterocycles. The Bertz CT molecular complexity index is 455. The van der Waals surface area contributed by atoms with E-state index in [1.165, 1.54) is 9.80 Å². The molecular formula is C10H9Cl2N3O. The highest BCUT2D eigenvalue weighted by Crippen LogP contribution is 2.28. The van der Waals surface area contributed by atoms with Crippen LogP contribution in [-0.2, 0) is 0 Å². The molecule has 0 radical (unpaired) electrons. The van der Waals surface area contributed by atoms with Crippen molar-refractivity contribution in [1.82, 2.24) is 4.90 Å². The number of benzene rings is 1. The van der Waals surface area contributed by atoms with Gasteiger partial charge in [-0.1, -0.05) is 23.2 Å². The van der Waals surface area contributed by atoms with E-state index in [2.05, 4.69) is 0 Å². The molecule has 1 aliphatic heterocycles. The highest BCUT2D eigenvalue weighted by Gasteiger charge is 2.32. The zero-order chi connectivity index (χ0) is 11.9. The van der Waals surface area contributed by atoms with E-state index in [1.54, 1.807) is 25.2 Å². The molecule has 0 saturated carbocycles. The SMILES string of the molecule is CN1CC(=N)N(c2cc(Cl)cc(Cl)c2)C1=O. The third-order valence-electron chi connectivity index (χ3n) is 2.28. The van der Waals surface area contributed by atoms with Crippen molar-refractivity contribution >= 4 is 40.8 Å². The Balaban J connectivity index is 2.44. The third-order valence-corrected chi connectivity index (χ3v) is 2.72. The first-order valence-corrected chi connectivity index (χ1v) is 5.33. The van der Waals surface area contributed by atoms with Crippen molar-refractivity contribution in [3.63, 3.8) is 0 Å². The lowest BCUT2D eigenvalue weighted by molar-refractivity contribution is 0.229. The molecule has 0 spiro atoms. The highest BCUT2D eigenvalue weighted by atomic mass is 35.5. The number of nitrogens with one attached hydrogen (secondary N) is 1. The normalized spacial score (nSPS) is 16.2. The summed E-state index contributed by atoms with van der Waals surface area (Å²) < 4.78 is 0. The molecule has 0 atom stereocenters. The molecular weight excluding hydrogens is 249 g/mol. The minimum atomic E-state index is -0.247. The van der Waals surface area contributed by atoms with Crippen LogP contribution in [0.15, 0.2) is 18.2 Å². The Morgan fingerprint density at radius 1 is 1.25 bits per heavy atom. The Morgan fingerprint density at radius 3 is 2.25 bits per heavy atom. The number of halogens is 2. The van der Waals surface area contributed by atoms with E-state index < -0.39 is 0 Å². The lowest BCUT2D eigenvalue weighted by atomic mass is 10.3. The summed E-state index contributed by atoms with van der Waals surface area (Å²) in [6.45, 7) is 0.295. The van der Waals surface area contributed by atoms with E-state index >= 15 is 0 Å². The summed E-state index contributed by atoms with van der Waals surface area (Å²) >= 11 is 11.7. The van der Waals surface area contributed by atoms with Gasteiger partial charge in [-0.25, -0.2) is 9.69 Å². The van der Waals surface area contributed by atoms with Gasteiger partial charge >= 0.3 is 6.03 Å². The molecule has 1 aromatic rings. The lowest BCUT2D eigenvalue weighted by Gasteiger charge is -2.16. The number of hydrogen-bond acceptors (Lipinski definition) is 2. The minimum absolute atomic E-state index is 0.214. The van der Waals surface area contributed by atoms with Crippen molar-refractivity contribution in [3.05, 3.63) is 28.2 Å². The largest absolute Gasteiger partial charge is 0.330 e. The molecule has 0 aliphatic carbocycles. The second-order valence-electron chi connectivity index (χ2n) is 3.55. The molecule has 1 N–H and O–H groups in total. The molecule has 6 heteroatoms. The first kappa shape index (κ1) is 11.2. The van der Waals surface area contributed by atoms with E-state index in [-0.39, 0.29) is 11.9 Å². The van der Waals surface area contributed by atoms with Gasteiger partial charge in [0.25, 0.3) is 0 Å². The number of carbonyl (C=O) groups excluding carboxylic acids is 1. The number of rotatable bonds is 1. The highest BCUT2D eigenvalue weighted by molar-refractivity contribution is 6.35. The quantitative estimate of drug-likeness (QED) is 0.827. The van der Waals surface area contributed by atoms with Gasteiger partial charge in [0.05, 0.1) is 12.2 Å². The summed E-state index contributed by atoms with van der Waals surface area (Å²) in [5.74, 6) is 0.214. The van der Waals surface area contributed by atoms with Crippen LogP contribution in [-0.4, -0.2) is 30.4 Å². The van der Waals surface area contributed by atoms with Gasteiger partial charge in [0, 0.05) is 17.1 Å². The fourth-order valence-corrected chi connectivity index (χ4v) is 2.10. The first-order valence-electron chi connectivity index (χ1n) is 4.58. The van der Waals surface area contributed by atoms with Gasteiger partial charge in [-0.2, -0.15) is 0 Å². The molecule has 0 bridgehead atoms. The maximum Gasteiger partial charge on any atom is 0.330 e. The van der Waals surface area contributed by atoms with Crippen LogP contribution in [0.25, 0.3) is 0 Å². The van der Waals surface area contributed by atoms with Crippen LogP contribution in [0.2, 0.25) is 10.0 Å². The van der Waals surface area contributed by atoms with Gasteiger partial charge in [-0.15, -0.1) is 0 Å². The maximum atomic E-state index is 11.8. The first-order chi connectivity index (χ1) is 7.49. The van der Waals surface area contributed by atoms with Gasteiger partial charge in [0.15, 0.2) is 0 Å². The molecule has 1 aromatic carbocycles. The molecule has 2 rings (SSSR count). The molecule has 4 nitrogen and oxygen atoms in total. The van der Waals surface area contributed by atoms with Crippen LogP contribution >= 0.6 is 23.2 Å². The number of nitrogens with zero attached hydrogens (tertiary/aromatic N) is 2. The number of amidine groups is 1. The molecule has 1 saturated heterocycles. The van der Waals surface area contributed by atoms with E-state index in [1.807, 2.05) is 0 Å². The van der Waals surface area contributed by atoms with E-state index in [0.29, 0.717) is 22.3 Å². The van der Waals surface area contributed by atoms with Crippen LogP contribution in [0.5, 0.6) is 0 Å². The summed E-state index contributed by atoms with van der Waals surface area (Å²) in [6.07, 6.45) is 0. The van der Waals surface area contributed by atoms with Crippen molar-refractivity contribution in [3.8, 4) is 0 Å². The fraction of sp³-hybridized carbons (Fsp3) is 0.200. The average Bonchev–Trinajstić information content (AvgIpc) is 2.39. The molecule has 1 aliphatic rings.